The number of carbonyl (C=O) groups is 2. The minimum Gasteiger partial charge on any atom is -0.389 e. The van der Waals surface area contributed by atoms with Crippen molar-refractivity contribution in [2.75, 3.05) is 6.61 Å². The largest absolute Gasteiger partial charge is 0.389 e. The lowest BCUT2D eigenvalue weighted by Gasteiger charge is -2.14. The van der Waals surface area contributed by atoms with Gasteiger partial charge in [0.2, 0.25) is 0 Å². The van der Waals surface area contributed by atoms with Gasteiger partial charge < -0.3 is 9.47 Å². The molecule has 1 aromatic carbocycles. The Hall–Kier alpha value is -1.94. The standard InChI is InChI=1S/C16H20O4/c1-16(2,3)15(18)20-14(17)10-7-11-19-12-13-8-5-4-6-9-13/h4-10H,11-12H2,1-3H3/b10-7+. The van der Waals surface area contributed by atoms with Crippen molar-refractivity contribution >= 4 is 11.9 Å². The van der Waals surface area contributed by atoms with E-state index < -0.39 is 17.4 Å². The molecule has 0 spiro atoms. The average Bonchev–Trinajstić information content (AvgIpc) is 2.38. The Balaban J connectivity index is 2.24. The van der Waals surface area contributed by atoms with Crippen LogP contribution in [0.1, 0.15) is 26.3 Å². The summed E-state index contributed by atoms with van der Waals surface area (Å²) < 4.78 is 10.0. The van der Waals surface area contributed by atoms with Crippen LogP contribution in [0.3, 0.4) is 0 Å². The van der Waals surface area contributed by atoms with Crippen LogP contribution in [0.25, 0.3) is 0 Å². The third-order valence-electron chi connectivity index (χ3n) is 2.39. The second-order valence-electron chi connectivity index (χ2n) is 5.36. The summed E-state index contributed by atoms with van der Waals surface area (Å²) in [6.45, 7) is 5.83. The highest BCUT2D eigenvalue weighted by atomic mass is 16.6. The number of ether oxygens (including phenoxy) is 2. The van der Waals surface area contributed by atoms with E-state index in [-0.39, 0.29) is 6.61 Å². The predicted molar refractivity (Wildman–Crippen MR) is 75.8 cm³/mol. The summed E-state index contributed by atoms with van der Waals surface area (Å²) >= 11 is 0. The molecule has 0 heterocycles. The summed E-state index contributed by atoms with van der Waals surface area (Å²) in [5, 5.41) is 0. The molecule has 0 aliphatic rings. The third-order valence-corrected chi connectivity index (χ3v) is 2.39. The zero-order chi connectivity index (χ0) is 15.0. The molecule has 108 valence electrons. The molecular weight excluding hydrogens is 256 g/mol. The van der Waals surface area contributed by atoms with Crippen LogP contribution < -0.4 is 0 Å². The Morgan fingerprint density at radius 3 is 2.40 bits per heavy atom. The molecule has 0 fully saturated rings. The van der Waals surface area contributed by atoms with Crippen LogP contribution in [-0.2, 0) is 25.7 Å². The normalized spacial score (nSPS) is 11.6. The highest BCUT2D eigenvalue weighted by Crippen LogP contribution is 2.15. The number of hydrogen-bond donors (Lipinski definition) is 0. The Labute approximate surface area is 119 Å². The van der Waals surface area contributed by atoms with Crippen molar-refractivity contribution in [3.05, 3.63) is 48.0 Å². The van der Waals surface area contributed by atoms with E-state index in [9.17, 15) is 9.59 Å². The smallest absolute Gasteiger partial charge is 0.338 e. The topological polar surface area (TPSA) is 52.6 Å². The lowest BCUT2D eigenvalue weighted by Crippen LogP contribution is -2.25. The minimum atomic E-state index is -0.687. The van der Waals surface area contributed by atoms with E-state index in [0.717, 1.165) is 5.56 Å². The van der Waals surface area contributed by atoms with E-state index in [1.807, 2.05) is 30.3 Å². The van der Waals surface area contributed by atoms with Crippen LogP contribution in [0.2, 0.25) is 0 Å². The Kier molecular flexibility index (Phi) is 6.12. The first-order chi connectivity index (χ1) is 9.39. The molecule has 4 heteroatoms. The first-order valence-electron chi connectivity index (χ1n) is 6.44. The van der Waals surface area contributed by atoms with E-state index in [0.29, 0.717) is 6.61 Å². The number of benzene rings is 1. The number of hydrogen-bond acceptors (Lipinski definition) is 4. The van der Waals surface area contributed by atoms with Gasteiger partial charge in [0, 0.05) is 6.08 Å². The number of rotatable bonds is 5. The molecule has 1 aromatic rings. The van der Waals surface area contributed by atoms with Gasteiger partial charge in [-0.2, -0.15) is 0 Å². The Morgan fingerprint density at radius 1 is 1.15 bits per heavy atom. The third kappa shape index (κ3) is 6.29. The fourth-order valence-electron chi connectivity index (χ4n) is 1.24. The Bertz CT molecular complexity index is 469. The van der Waals surface area contributed by atoms with E-state index in [1.54, 1.807) is 20.8 Å². The highest BCUT2D eigenvalue weighted by molar-refractivity contribution is 5.93. The maximum Gasteiger partial charge on any atom is 0.338 e. The van der Waals surface area contributed by atoms with Crippen LogP contribution in [-0.4, -0.2) is 18.5 Å². The lowest BCUT2D eigenvalue weighted by molar-refractivity contribution is -0.162. The molecule has 0 saturated heterocycles. The molecule has 0 saturated carbocycles. The summed E-state index contributed by atoms with van der Waals surface area (Å²) in [4.78, 5) is 22.8. The quantitative estimate of drug-likeness (QED) is 0.359. The van der Waals surface area contributed by atoms with Crippen molar-refractivity contribution in [3.8, 4) is 0 Å². The summed E-state index contributed by atoms with van der Waals surface area (Å²) in [6, 6.07) is 9.72. The van der Waals surface area contributed by atoms with Crippen LogP contribution in [0, 0.1) is 5.41 Å². The van der Waals surface area contributed by atoms with Crippen molar-refractivity contribution in [3.63, 3.8) is 0 Å². The summed E-state index contributed by atoms with van der Waals surface area (Å²) in [6.07, 6.45) is 2.73. The van der Waals surface area contributed by atoms with Gasteiger partial charge in [0.15, 0.2) is 0 Å². The van der Waals surface area contributed by atoms with Crippen molar-refractivity contribution in [1.29, 1.82) is 0 Å². The highest BCUT2D eigenvalue weighted by Gasteiger charge is 2.24. The lowest BCUT2D eigenvalue weighted by atomic mass is 9.97. The average molecular weight is 276 g/mol. The van der Waals surface area contributed by atoms with Crippen LogP contribution >= 0.6 is 0 Å². The van der Waals surface area contributed by atoms with Gasteiger partial charge in [-0.3, -0.25) is 4.79 Å². The molecule has 1 rings (SSSR count). The molecule has 4 nitrogen and oxygen atoms in total. The van der Waals surface area contributed by atoms with Gasteiger partial charge in [-0.1, -0.05) is 36.4 Å². The van der Waals surface area contributed by atoms with Crippen LogP contribution in [0.4, 0.5) is 0 Å². The number of esters is 2. The molecular formula is C16H20O4. The zero-order valence-corrected chi connectivity index (χ0v) is 12.1. The van der Waals surface area contributed by atoms with Crippen molar-refractivity contribution in [2.24, 2.45) is 5.41 Å². The SMILES string of the molecule is CC(C)(C)C(=O)OC(=O)/C=C/COCc1ccccc1. The molecule has 0 atom stereocenters. The number of carbonyl (C=O) groups excluding carboxylic acids is 2. The van der Waals surface area contributed by atoms with Gasteiger partial charge in [-0.05, 0) is 26.3 Å². The van der Waals surface area contributed by atoms with Crippen LogP contribution in [0.5, 0.6) is 0 Å². The van der Waals surface area contributed by atoms with E-state index >= 15 is 0 Å². The summed E-state index contributed by atoms with van der Waals surface area (Å²) in [5.41, 5.74) is 0.374. The van der Waals surface area contributed by atoms with Crippen molar-refractivity contribution in [1.82, 2.24) is 0 Å². The van der Waals surface area contributed by atoms with E-state index in [4.69, 9.17) is 4.74 Å². The summed E-state index contributed by atoms with van der Waals surface area (Å²) in [7, 11) is 0. The molecule has 0 aromatic heterocycles. The maximum atomic E-state index is 11.4. The molecule has 0 aliphatic carbocycles. The molecule has 0 aliphatic heterocycles. The monoisotopic (exact) mass is 276 g/mol. The first kappa shape index (κ1) is 16.1. The summed E-state index contributed by atoms with van der Waals surface area (Å²) in [5.74, 6) is -1.22. The molecule has 0 unspecified atom stereocenters. The van der Waals surface area contributed by atoms with Crippen LogP contribution in [0.15, 0.2) is 42.5 Å². The molecule has 0 bridgehead atoms. The van der Waals surface area contributed by atoms with Gasteiger partial charge in [-0.25, -0.2) is 4.79 Å². The first-order valence-corrected chi connectivity index (χ1v) is 6.44. The molecule has 0 N–H and O–H groups in total. The van der Waals surface area contributed by atoms with E-state index in [2.05, 4.69) is 4.74 Å². The fraction of sp³-hybridized carbons (Fsp3) is 0.375. The van der Waals surface area contributed by atoms with Gasteiger partial charge in [0.1, 0.15) is 0 Å². The van der Waals surface area contributed by atoms with Gasteiger partial charge in [0.05, 0.1) is 18.6 Å². The fourth-order valence-corrected chi connectivity index (χ4v) is 1.24. The van der Waals surface area contributed by atoms with E-state index in [1.165, 1.54) is 12.2 Å². The van der Waals surface area contributed by atoms with Crippen molar-refractivity contribution < 1.29 is 19.1 Å². The molecule has 0 amide bonds. The van der Waals surface area contributed by atoms with Crippen molar-refractivity contribution in [2.45, 2.75) is 27.4 Å². The maximum absolute atomic E-state index is 11.4. The van der Waals surface area contributed by atoms with Gasteiger partial charge >= 0.3 is 11.9 Å². The van der Waals surface area contributed by atoms with Gasteiger partial charge in [0.25, 0.3) is 0 Å². The second kappa shape index (κ2) is 7.60. The molecule has 0 radical (unpaired) electrons. The molecule has 20 heavy (non-hydrogen) atoms. The van der Waals surface area contributed by atoms with Gasteiger partial charge in [-0.15, -0.1) is 0 Å². The zero-order valence-electron chi connectivity index (χ0n) is 12.1. The minimum absolute atomic E-state index is 0.285. The Morgan fingerprint density at radius 2 is 1.80 bits per heavy atom. The predicted octanol–water partition coefficient (Wildman–Crippen LogP) is 2.88. The second-order valence-corrected chi connectivity index (χ2v) is 5.36.